The number of nitrogens with one attached hydrogen (secondary N) is 1. The third kappa shape index (κ3) is 2.66. The van der Waals surface area contributed by atoms with E-state index in [4.69, 9.17) is 0 Å². The molecule has 0 bridgehead atoms. The van der Waals surface area contributed by atoms with E-state index in [0.29, 0.717) is 0 Å². The van der Waals surface area contributed by atoms with E-state index in [9.17, 15) is 5.11 Å². The quantitative estimate of drug-likeness (QED) is 0.600. The van der Waals surface area contributed by atoms with Crippen molar-refractivity contribution in [2.24, 2.45) is 0 Å². The Hall–Kier alpha value is -0.640. The summed E-state index contributed by atoms with van der Waals surface area (Å²) in [6.45, 7) is 10.9. The molecule has 1 fully saturated rings. The van der Waals surface area contributed by atoms with Crippen molar-refractivity contribution >= 4 is 0 Å². The van der Waals surface area contributed by atoms with Crippen molar-refractivity contribution < 1.29 is 5.11 Å². The van der Waals surface area contributed by atoms with E-state index >= 15 is 0 Å². The fraction of sp³-hybridized carbons (Fsp3) is 0.600. The highest BCUT2D eigenvalue weighted by Gasteiger charge is 2.25. The number of aliphatic hydroxyl groups excluding tert-OH is 1. The molecule has 13 heavy (non-hydrogen) atoms. The molecule has 74 valence electrons. The highest BCUT2D eigenvalue weighted by Crippen LogP contribution is 2.08. The summed E-state index contributed by atoms with van der Waals surface area (Å²) in [7, 11) is 0. The van der Waals surface area contributed by atoms with Gasteiger partial charge < -0.3 is 10.4 Å². The van der Waals surface area contributed by atoms with Gasteiger partial charge in [0.15, 0.2) is 0 Å². The Morgan fingerprint density at radius 2 is 2.38 bits per heavy atom. The Labute approximate surface area is 79.7 Å². The lowest BCUT2D eigenvalue weighted by Gasteiger charge is -2.37. The van der Waals surface area contributed by atoms with E-state index in [-0.39, 0.29) is 6.04 Å². The van der Waals surface area contributed by atoms with E-state index in [0.717, 1.165) is 26.2 Å². The van der Waals surface area contributed by atoms with Crippen LogP contribution < -0.4 is 5.32 Å². The molecule has 0 aromatic heterocycles. The van der Waals surface area contributed by atoms with Crippen LogP contribution >= 0.6 is 0 Å². The zero-order valence-electron chi connectivity index (χ0n) is 7.95. The van der Waals surface area contributed by atoms with Crippen LogP contribution in [0, 0.1) is 0 Å². The molecule has 1 saturated heterocycles. The molecule has 0 saturated carbocycles. The average Bonchev–Trinajstić information content (AvgIpc) is 2.18. The molecule has 0 aliphatic carbocycles. The molecule has 0 amide bonds. The fourth-order valence-electron chi connectivity index (χ4n) is 1.65. The molecule has 0 aromatic rings. The summed E-state index contributed by atoms with van der Waals surface area (Å²) in [5.74, 6) is 0. The summed E-state index contributed by atoms with van der Waals surface area (Å²) in [5, 5.41) is 12.9. The average molecular weight is 182 g/mol. The Morgan fingerprint density at radius 1 is 1.62 bits per heavy atom. The highest BCUT2D eigenvalue weighted by molar-refractivity contribution is 4.95. The van der Waals surface area contributed by atoms with Crippen molar-refractivity contribution in [3.05, 3.63) is 25.3 Å². The molecular weight excluding hydrogens is 164 g/mol. The van der Waals surface area contributed by atoms with Crippen LogP contribution in [-0.2, 0) is 0 Å². The smallest absolute Gasteiger partial charge is 0.0886 e. The van der Waals surface area contributed by atoms with Gasteiger partial charge in [-0.2, -0.15) is 0 Å². The Morgan fingerprint density at radius 3 is 3.00 bits per heavy atom. The molecule has 0 radical (unpaired) electrons. The first kappa shape index (κ1) is 10.4. The van der Waals surface area contributed by atoms with E-state index in [2.05, 4.69) is 23.4 Å². The predicted octanol–water partition coefficient (Wildman–Crippen LogP) is -0.00690. The molecule has 3 nitrogen and oxygen atoms in total. The number of nitrogens with zero attached hydrogens (tertiary/aromatic N) is 1. The van der Waals surface area contributed by atoms with Crippen LogP contribution in [0.4, 0.5) is 0 Å². The normalized spacial score (nSPS) is 26.7. The number of piperazine rings is 1. The number of aliphatic hydroxyl groups is 1. The zero-order valence-corrected chi connectivity index (χ0v) is 7.95. The van der Waals surface area contributed by atoms with Gasteiger partial charge in [0.25, 0.3) is 0 Å². The van der Waals surface area contributed by atoms with Crippen molar-refractivity contribution in [3.8, 4) is 0 Å². The van der Waals surface area contributed by atoms with E-state index in [1.165, 1.54) is 0 Å². The molecule has 1 rings (SSSR count). The van der Waals surface area contributed by atoms with Crippen molar-refractivity contribution in [1.29, 1.82) is 0 Å². The molecule has 1 heterocycles. The maximum atomic E-state index is 9.65. The van der Waals surface area contributed by atoms with Gasteiger partial charge in [-0.05, 0) is 0 Å². The highest BCUT2D eigenvalue weighted by atomic mass is 16.3. The van der Waals surface area contributed by atoms with Gasteiger partial charge in [0.2, 0.25) is 0 Å². The molecule has 0 spiro atoms. The zero-order chi connectivity index (χ0) is 9.68. The van der Waals surface area contributed by atoms with Crippen LogP contribution in [0.5, 0.6) is 0 Å². The molecule has 2 atom stereocenters. The SMILES string of the molecule is C=CCN1CCNCC1C(O)C=C. The summed E-state index contributed by atoms with van der Waals surface area (Å²) in [6, 6.07) is 0.143. The number of hydrogen-bond donors (Lipinski definition) is 2. The summed E-state index contributed by atoms with van der Waals surface area (Å²) >= 11 is 0. The summed E-state index contributed by atoms with van der Waals surface area (Å²) in [6.07, 6.45) is 3.01. The first-order chi connectivity index (χ1) is 6.29. The van der Waals surface area contributed by atoms with Crippen LogP contribution in [0.3, 0.4) is 0 Å². The van der Waals surface area contributed by atoms with Crippen LogP contribution in [0.15, 0.2) is 25.3 Å². The minimum absolute atomic E-state index is 0.143. The molecule has 0 aromatic carbocycles. The maximum absolute atomic E-state index is 9.65. The molecular formula is C10H18N2O. The van der Waals surface area contributed by atoms with E-state index < -0.39 is 6.10 Å². The lowest BCUT2D eigenvalue weighted by atomic mass is 10.1. The Kier molecular flexibility index (Phi) is 4.15. The maximum Gasteiger partial charge on any atom is 0.0886 e. The number of rotatable bonds is 4. The van der Waals surface area contributed by atoms with Crippen molar-refractivity contribution in [3.63, 3.8) is 0 Å². The largest absolute Gasteiger partial charge is 0.387 e. The Bertz CT molecular complexity index is 182. The van der Waals surface area contributed by atoms with Gasteiger partial charge in [-0.3, -0.25) is 4.90 Å². The van der Waals surface area contributed by atoms with Gasteiger partial charge in [-0.15, -0.1) is 13.2 Å². The van der Waals surface area contributed by atoms with Gasteiger partial charge >= 0.3 is 0 Å². The first-order valence-electron chi connectivity index (χ1n) is 4.66. The van der Waals surface area contributed by atoms with E-state index in [1.807, 2.05) is 6.08 Å². The van der Waals surface area contributed by atoms with Crippen LogP contribution in [0.25, 0.3) is 0 Å². The van der Waals surface area contributed by atoms with Gasteiger partial charge in [0.05, 0.1) is 12.1 Å². The second-order valence-electron chi connectivity index (χ2n) is 3.28. The molecule has 1 aliphatic rings. The van der Waals surface area contributed by atoms with Crippen molar-refractivity contribution in [2.45, 2.75) is 12.1 Å². The molecule has 2 N–H and O–H groups in total. The summed E-state index contributed by atoms with van der Waals surface area (Å²) < 4.78 is 0. The second kappa shape index (κ2) is 5.17. The number of hydrogen-bond acceptors (Lipinski definition) is 3. The predicted molar refractivity (Wildman–Crippen MR) is 54.6 cm³/mol. The minimum atomic E-state index is -0.451. The summed E-state index contributed by atoms with van der Waals surface area (Å²) in [5.41, 5.74) is 0. The molecule has 3 heteroatoms. The van der Waals surface area contributed by atoms with Gasteiger partial charge in [-0.25, -0.2) is 0 Å². The molecule has 1 aliphatic heterocycles. The molecule has 2 unspecified atom stereocenters. The lowest BCUT2D eigenvalue weighted by molar-refractivity contribution is 0.0694. The van der Waals surface area contributed by atoms with Crippen LogP contribution in [0.1, 0.15) is 0 Å². The standard InChI is InChI=1S/C10H18N2O/c1-3-6-12-7-5-11-8-9(12)10(13)4-2/h3-4,9-11,13H,1-2,5-8H2. The van der Waals surface area contributed by atoms with Crippen LogP contribution in [0.2, 0.25) is 0 Å². The van der Waals surface area contributed by atoms with Crippen molar-refractivity contribution in [1.82, 2.24) is 10.2 Å². The minimum Gasteiger partial charge on any atom is -0.387 e. The first-order valence-corrected chi connectivity index (χ1v) is 4.66. The Balaban J connectivity index is 2.54. The van der Waals surface area contributed by atoms with Crippen molar-refractivity contribution in [2.75, 3.05) is 26.2 Å². The fourth-order valence-corrected chi connectivity index (χ4v) is 1.65. The summed E-state index contributed by atoms with van der Waals surface area (Å²) in [4.78, 5) is 2.22. The lowest BCUT2D eigenvalue weighted by Crippen LogP contribution is -2.55. The van der Waals surface area contributed by atoms with E-state index in [1.54, 1.807) is 6.08 Å². The third-order valence-electron chi connectivity index (χ3n) is 2.40. The topological polar surface area (TPSA) is 35.5 Å². The van der Waals surface area contributed by atoms with Gasteiger partial charge in [0, 0.05) is 26.2 Å². The second-order valence-corrected chi connectivity index (χ2v) is 3.28. The van der Waals surface area contributed by atoms with Gasteiger partial charge in [0.1, 0.15) is 0 Å². The monoisotopic (exact) mass is 182 g/mol. The third-order valence-corrected chi connectivity index (χ3v) is 2.40. The van der Waals surface area contributed by atoms with Crippen LogP contribution in [-0.4, -0.2) is 48.3 Å². The van der Waals surface area contributed by atoms with Gasteiger partial charge in [-0.1, -0.05) is 12.2 Å².